The Morgan fingerprint density at radius 2 is 1.88 bits per heavy atom. The molecule has 4 heteroatoms. The van der Waals surface area contributed by atoms with Gasteiger partial charge in [0.15, 0.2) is 0 Å². The first kappa shape index (κ1) is 16.8. The Hall–Kier alpha value is -1.36. The van der Waals surface area contributed by atoms with Crippen molar-refractivity contribution in [1.82, 2.24) is 0 Å². The number of benzene rings is 2. The summed E-state index contributed by atoms with van der Waals surface area (Å²) in [5, 5.41) is 2.53. The van der Waals surface area contributed by atoms with Gasteiger partial charge in [-0.05, 0) is 59.8 Å². The van der Waals surface area contributed by atoms with Crippen LogP contribution in [-0.2, 0) is 15.7 Å². The molecule has 3 aliphatic carbocycles. The summed E-state index contributed by atoms with van der Waals surface area (Å²) in [5.41, 5.74) is 8.05. The highest BCUT2D eigenvalue weighted by Gasteiger charge is 2.68. The van der Waals surface area contributed by atoms with Gasteiger partial charge < -0.3 is 15.0 Å². The first-order chi connectivity index (χ1) is 12.4. The molecule has 3 saturated carbocycles. The maximum absolute atomic E-state index is 6.59. The lowest BCUT2D eigenvalue weighted by molar-refractivity contribution is -0.199. The molecule has 0 radical (unpaired) electrons. The van der Waals surface area contributed by atoms with Crippen LogP contribution in [0.3, 0.4) is 0 Å². The summed E-state index contributed by atoms with van der Waals surface area (Å²) in [4.78, 5) is 0. The molecule has 0 amide bonds. The molecule has 2 bridgehead atoms. The zero-order valence-electron chi connectivity index (χ0n) is 15.9. The summed E-state index contributed by atoms with van der Waals surface area (Å²) in [5.74, 6) is 1.19. The molecule has 26 heavy (non-hydrogen) atoms. The van der Waals surface area contributed by atoms with Gasteiger partial charge in [-0.2, -0.15) is 0 Å². The third-order valence-corrected chi connectivity index (χ3v) is 7.65. The molecule has 2 N–H and O–H groups in total. The van der Waals surface area contributed by atoms with Crippen molar-refractivity contribution in [3.63, 3.8) is 0 Å². The van der Waals surface area contributed by atoms with Crippen molar-refractivity contribution < 1.29 is 9.31 Å². The predicted octanol–water partition coefficient (Wildman–Crippen LogP) is 3.98. The molecule has 2 aromatic rings. The van der Waals surface area contributed by atoms with E-state index in [9.17, 15) is 0 Å². The fraction of sp³-hybridized carbons (Fsp3) is 0.545. The van der Waals surface area contributed by atoms with Gasteiger partial charge in [0.05, 0.1) is 11.7 Å². The van der Waals surface area contributed by atoms with Crippen LogP contribution in [0.25, 0.3) is 10.8 Å². The molecular formula is C22H28BNO2. The van der Waals surface area contributed by atoms with E-state index < -0.39 is 0 Å². The van der Waals surface area contributed by atoms with Gasteiger partial charge in [-0.25, -0.2) is 0 Å². The quantitative estimate of drug-likeness (QED) is 0.853. The maximum atomic E-state index is 6.59. The monoisotopic (exact) mass is 349 g/mol. The maximum Gasteiger partial charge on any atom is 0.475 e. The van der Waals surface area contributed by atoms with Crippen LogP contribution in [0.5, 0.6) is 0 Å². The van der Waals surface area contributed by atoms with Crippen molar-refractivity contribution in [1.29, 1.82) is 0 Å². The minimum atomic E-state index is -0.306. The summed E-state index contributed by atoms with van der Waals surface area (Å²) in [6.07, 6.45) is 3.35. The van der Waals surface area contributed by atoms with Crippen molar-refractivity contribution in [3.8, 4) is 0 Å². The highest BCUT2D eigenvalue weighted by molar-refractivity contribution is 6.47. The van der Waals surface area contributed by atoms with Crippen molar-refractivity contribution in [2.75, 3.05) is 0 Å². The second-order valence-corrected chi connectivity index (χ2v) is 9.34. The number of nitrogens with two attached hydrogens (primary N) is 1. The predicted molar refractivity (Wildman–Crippen MR) is 106 cm³/mol. The Morgan fingerprint density at radius 3 is 2.69 bits per heavy atom. The average molecular weight is 349 g/mol. The van der Waals surface area contributed by atoms with Crippen molar-refractivity contribution in [2.45, 2.75) is 57.7 Å². The number of hydrogen-bond donors (Lipinski definition) is 1. The summed E-state index contributed by atoms with van der Waals surface area (Å²) >= 11 is 0. The summed E-state index contributed by atoms with van der Waals surface area (Å²) in [6.45, 7) is 7.03. The van der Waals surface area contributed by atoms with Gasteiger partial charge in [0.25, 0.3) is 0 Å². The summed E-state index contributed by atoms with van der Waals surface area (Å²) in [6, 6.07) is 14.9. The van der Waals surface area contributed by atoms with E-state index in [-0.39, 0.29) is 24.8 Å². The molecule has 1 saturated heterocycles. The lowest BCUT2D eigenvalue weighted by atomic mass is 9.43. The number of rotatable bonds is 3. The van der Waals surface area contributed by atoms with E-state index in [1.807, 2.05) is 0 Å². The molecular weight excluding hydrogens is 321 g/mol. The van der Waals surface area contributed by atoms with E-state index in [0.717, 1.165) is 18.8 Å². The third kappa shape index (κ3) is 2.25. The molecule has 3 nitrogen and oxygen atoms in total. The molecule has 1 unspecified atom stereocenters. The van der Waals surface area contributed by atoms with Gasteiger partial charge in [0.1, 0.15) is 0 Å². The minimum absolute atomic E-state index is 0.149. The molecule has 1 heterocycles. The van der Waals surface area contributed by atoms with E-state index >= 15 is 0 Å². The van der Waals surface area contributed by atoms with Crippen molar-refractivity contribution >= 4 is 17.9 Å². The fourth-order valence-corrected chi connectivity index (χ4v) is 5.90. The lowest BCUT2D eigenvalue weighted by Gasteiger charge is -2.64. The van der Waals surface area contributed by atoms with Gasteiger partial charge in [0, 0.05) is 5.94 Å². The minimum Gasteiger partial charge on any atom is -0.404 e. The largest absolute Gasteiger partial charge is 0.475 e. The topological polar surface area (TPSA) is 44.5 Å². The first-order valence-electron chi connectivity index (χ1n) is 9.95. The van der Waals surface area contributed by atoms with Crippen molar-refractivity contribution in [2.24, 2.45) is 23.0 Å². The highest BCUT2D eigenvalue weighted by Crippen LogP contribution is 2.65. The van der Waals surface area contributed by atoms with Gasteiger partial charge in [-0.15, -0.1) is 0 Å². The van der Waals surface area contributed by atoms with Crippen LogP contribution in [0.4, 0.5) is 0 Å². The molecule has 0 spiro atoms. The Labute approximate surface area is 156 Å². The second-order valence-electron chi connectivity index (χ2n) is 9.34. The van der Waals surface area contributed by atoms with Crippen LogP contribution in [-0.4, -0.2) is 24.8 Å². The van der Waals surface area contributed by atoms with E-state index in [2.05, 4.69) is 63.2 Å². The van der Waals surface area contributed by atoms with E-state index in [1.165, 1.54) is 22.8 Å². The molecule has 4 aliphatic rings. The number of hydrogen-bond acceptors (Lipinski definition) is 3. The van der Waals surface area contributed by atoms with Crippen LogP contribution in [0.2, 0.25) is 0 Å². The molecule has 6 rings (SSSR count). The Kier molecular flexibility index (Phi) is 3.60. The highest BCUT2D eigenvalue weighted by atomic mass is 16.7. The zero-order valence-corrected chi connectivity index (χ0v) is 15.9. The summed E-state index contributed by atoms with van der Waals surface area (Å²) in [7, 11) is -0.306. The van der Waals surface area contributed by atoms with Crippen LogP contribution in [0, 0.1) is 17.3 Å². The molecule has 5 atom stereocenters. The SMILES string of the molecule is CC1(C)[C@@H]2C[C@H]3OB(C(N)Cc4cccc5ccccc45)O[C@@]3(C)[C@H]1C2. The van der Waals surface area contributed by atoms with Gasteiger partial charge in [0.2, 0.25) is 0 Å². The smallest absolute Gasteiger partial charge is 0.404 e. The Morgan fingerprint density at radius 1 is 1.12 bits per heavy atom. The van der Waals surface area contributed by atoms with E-state index in [0.29, 0.717) is 11.3 Å². The fourth-order valence-electron chi connectivity index (χ4n) is 5.90. The first-order valence-corrected chi connectivity index (χ1v) is 9.95. The molecule has 0 aromatic heterocycles. The van der Waals surface area contributed by atoms with Gasteiger partial charge in [-0.3, -0.25) is 0 Å². The molecule has 4 fully saturated rings. The zero-order chi connectivity index (χ0) is 18.1. The van der Waals surface area contributed by atoms with Gasteiger partial charge in [-0.1, -0.05) is 56.3 Å². The third-order valence-electron chi connectivity index (χ3n) is 7.65. The van der Waals surface area contributed by atoms with Crippen LogP contribution in [0.15, 0.2) is 42.5 Å². The molecule has 136 valence electrons. The second kappa shape index (κ2) is 5.57. The summed E-state index contributed by atoms with van der Waals surface area (Å²) < 4.78 is 12.9. The Bertz CT molecular complexity index is 848. The normalized spacial score (nSPS) is 35.8. The molecule has 2 aromatic carbocycles. The van der Waals surface area contributed by atoms with Crippen LogP contribution in [0.1, 0.15) is 39.2 Å². The Balaban J connectivity index is 1.37. The average Bonchev–Trinajstić information content (AvgIpc) is 2.99. The standard InChI is InChI=1S/C22H28BNO2/c1-21(2)16-12-18(21)22(3)19(13-16)25-23(26-22)20(24)11-15-9-6-8-14-7-4-5-10-17(14)15/h4-10,16,18-20H,11-13,24H2,1-3H3/t16-,18-,19+,20?,22-/m0/s1. The van der Waals surface area contributed by atoms with Crippen LogP contribution >= 0.6 is 0 Å². The lowest BCUT2D eigenvalue weighted by Crippen LogP contribution is -2.65. The van der Waals surface area contributed by atoms with E-state index in [4.69, 9.17) is 15.0 Å². The van der Waals surface area contributed by atoms with Gasteiger partial charge >= 0.3 is 7.12 Å². The van der Waals surface area contributed by atoms with Crippen LogP contribution < -0.4 is 5.73 Å². The van der Waals surface area contributed by atoms with Crippen molar-refractivity contribution in [3.05, 3.63) is 48.0 Å². The molecule has 1 aliphatic heterocycles. The number of fused-ring (bicyclic) bond motifs is 1. The van der Waals surface area contributed by atoms with E-state index in [1.54, 1.807) is 0 Å².